The smallest absolute Gasteiger partial charge is 0.168 e. The van der Waals surface area contributed by atoms with Crippen LogP contribution in [0.2, 0.25) is 0 Å². The molecule has 0 nitrogen and oxygen atoms in total. The zero-order chi connectivity index (χ0) is 16.3. The fraction of sp³-hybridized carbons (Fsp3) is 0.294. The first-order valence-electron chi connectivity index (χ1n) is 6.46. The highest BCUT2D eigenvalue weighted by Crippen LogP contribution is 2.49. The van der Waals surface area contributed by atoms with Gasteiger partial charge in [0, 0.05) is 0 Å². The van der Waals surface area contributed by atoms with Crippen molar-refractivity contribution in [2.45, 2.75) is 31.8 Å². The van der Waals surface area contributed by atoms with Crippen molar-refractivity contribution < 1.29 is 13.2 Å². The zero-order valence-electron chi connectivity index (χ0n) is 12.3. The Morgan fingerprint density at radius 1 is 1.14 bits per heavy atom. The van der Waals surface area contributed by atoms with Crippen LogP contribution >= 0.6 is 11.6 Å². The first kappa shape index (κ1) is 17.6. The second-order valence-electron chi connectivity index (χ2n) is 4.91. The third kappa shape index (κ3) is 3.79. The lowest BCUT2D eigenvalue weighted by atomic mass is 9.89. The molecule has 1 atom stereocenters. The molecule has 0 aliphatic carbocycles. The molecule has 1 aromatic carbocycles. The molecule has 0 spiro atoms. The number of benzene rings is 1. The first-order chi connectivity index (χ1) is 9.62. The summed E-state index contributed by atoms with van der Waals surface area (Å²) in [4.78, 5) is -2.62. The highest BCUT2D eigenvalue weighted by molar-refractivity contribution is 6.26. The molecule has 1 aromatic rings. The summed E-state index contributed by atoms with van der Waals surface area (Å²) >= 11 is 5.97. The molecule has 1 unspecified atom stereocenters. The van der Waals surface area contributed by atoms with E-state index in [9.17, 15) is 13.2 Å². The number of rotatable bonds is 4. The Balaban J connectivity index is 3.32. The summed E-state index contributed by atoms with van der Waals surface area (Å²) in [5, 5.41) is 0. The van der Waals surface area contributed by atoms with Gasteiger partial charge in [0.05, 0.1) is 0 Å². The molecule has 21 heavy (non-hydrogen) atoms. The normalized spacial score (nSPS) is 16.0. The highest BCUT2D eigenvalue weighted by Gasteiger charge is 2.56. The summed E-state index contributed by atoms with van der Waals surface area (Å²) in [6.45, 7) is 8.93. The second-order valence-corrected chi connectivity index (χ2v) is 5.48. The SMILES string of the molecule is C=C(/C=C\C(C)=C/C)C(Cl)(c1ccc(C)cc1)C(F)(F)F. The van der Waals surface area contributed by atoms with Crippen molar-refractivity contribution in [3.8, 4) is 0 Å². The Hall–Kier alpha value is -1.48. The van der Waals surface area contributed by atoms with Crippen molar-refractivity contribution in [1.82, 2.24) is 0 Å². The number of alkyl halides is 4. The molecule has 0 aromatic heterocycles. The minimum absolute atomic E-state index is 0.0324. The van der Waals surface area contributed by atoms with Crippen LogP contribution in [0.15, 0.2) is 60.2 Å². The van der Waals surface area contributed by atoms with E-state index in [1.165, 1.54) is 18.2 Å². The molecule has 114 valence electrons. The van der Waals surface area contributed by atoms with Crippen LogP contribution in [0, 0.1) is 6.92 Å². The van der Waals surface area contributed by atoms with Gasteiger partial charge in [-0.05, 0) is 31.9 Å². The molecule has 0 saturated heterocycles. The van der Waals surface area contributed by atoms with Gasteiger partial charge in [-0.15, -0.1) is 0 Å². The van der Waals surface area contributed by atoms with E-state index in [0.29, 0.717) is 0 Å². The van der Waals surface area contributed by atoms with Gasteiger partial charge in [0.15, 0.2) is 4.87 Å². The quantitative estimate of drug-likeness (QED) is 0.467. The molecular weight excluding hydrogens is 297 g/mol. The van der Waals surface area contributed by atoms with E-state index in [-0.39, 0.29) is 11.1 Å². The summed E-state index contributed by atoms with van der Waals surface area (Å²) in [5.41, 5.74) is 1.46. The van der Waals surface area contributed by atoms with Gasteiger partial charge in [-0.1, -0.05) is 71.8 Å². The summed E-state index contributed by atoms with van der Waals surface area (Å²) in [6, 6.07) is 5.98. The van der Waals surface area contributed by atoms with Crippen molar-refractivity contribution in [1.29, 1.82) is 0 Å². The van der Waals surface area contributed by atoms with Crippen LogP contribution in [0.25, 0.3) is 0 Å². The Bertz CT molecular complexity index is 565. The maximum absolute atomic E-state index is 13.5. The highest BCUT2D eigenvalue weighted by atomic mass is 35.5. The van der Waals surface area contributed by atoms with Gasteiger partial charge >= 0.3 is 6.18 Å². The monoisotopic (exact) mass is 314 g/mol. The summed E-state index contributed by atoms with van der Waals surface area (Å²) in [7, 11) is 0. The van der Waals surface area contributed by atoms with E-state index in [0.717, 1.165) is 11.1 Å². The van der Waals surface area contributed by atoms with Gasteiger partial charge < -0.3 is 0 Å². The van der Waals surface area contributed by atoms with Gasteiger partial charge in [0.1, 0.15) is 0 Å². The van der Waals surface area contributed by atoms with Gasteiger partial charge in [-0.2, -0.15) is 13.2 Å². The minimum atomic E-state index is -4.64. The van der Waals surface area contributed by atoms with Crippen molar-refractivity contribution in [2.75, 3.05) is 0 Å². The van der Waals surface area contributed by atoms with Crippen molar-refractivity contribution in [3.63, 3.8) is 0 Å². The molecule has 1 rings (SSSR count). The van der Waals surface area contributed by atoms with Crippen molar-refractivity contribution >= 4 is 11.6 Å². The molecule has 4 heteroatoms. The van der Waals surface area contributed by atoms with Crippen LogP contribution < -0.4 is 0 Å². The Kier molecular flexibility index (Phi) is 5.46. The lowest BCUT2D eigenvalue weighted by Gasteiger charge is -2.31. The molecule has 0 heterocycles. The average Bonchev–Trinajstić information content (AvgIpc) is 2.42. The minimum Gasteiger partial charge on any atom is -0.168 e. The Morgan fingerprint density at radius 3 is 2.10 bits per heavy atom. The molecule has 0 aliphatic rings. The number of halogens is 4. The zero-order valence-corrected chi connectivity index (χ0v) is 13.0. The Labute approximate surface area is 128 Å². The summed E-state index contributed by atoms with van der Waals surface area (Å²) in [5.74, 6) is 0. The number of allylic oxidation sites excluding steroid dienone is 5. The standard InChI is InChI=1S/C17H18ClF3/c1-5-12(2)6-9-14(4)16(18,17(19,20)21)15-10-7-13(3)8-11-15/h5-11H,4H2,1-3H3/b9-6-,12-5-. The number of hydrogen-bond donors (Lipinski definition) is 0. The lowest BCUT2D eigenvalue weighted by Crippen LogP contribution is -2.38. The van der Waals surface area contributed by atoms with Crippen LogP contribution in [0.1, 0.15) is 25.0 Å². The van der Waals surface area contributed by atoms with Gasteiger partial charge in [0.2, 0.25) is 0 Å². The van der Waals surface area contributed by atoms with Crippen LogP contribution in [0.5, 0.6) is 0 Å². The first-order valence-corrected chi connectivity index (χ1v) is 6.84. The van der Waals surface area contributed by atoms with Gasteiger partial charge in [-0.25, -0.2) is 0 Å². The predicted octanol–water partition coefficient (Wildman–Crippen LogP) is 6.07. The van der Waals surface area contributed by atoms with E-state index in [1.54, 1.807) is 45.1 Å². The molecular formula is C17H18ClF3. The summed E-state index contributed by atoms with van der Waals surface area (Å²) < 4.78 is 40.5. The second kappa shape index (κ2) is 6.52. The molecule has 0 saturated carbocycles. The summed E-state index contributed by atoms with van der Waals surface area (Å²) in [6.07, 6.45) is 0.0311. The van der Waals surface area contributed by atoms with Gasteiger partial charge in [0.25, 0.3) is 0 Å². The van der Waals surface area contributed by atoms with E-state index in [4.69, 9.17) is 11.6 Å². The van der Waals surface area contributed by atoms with E-state index in [2.05, 4.69) is 6.58 Å². The lowest BCUT2D eigenvalue weighted by molar-refractivity contribution is -0.154. The van der Waals surface area contributed by atoms with Crippen LogP contribution in [-0.4, -0.2) is 6.18 Å². The third-order valence-electron chi connectivity index (χ3n) is 3.29. The van der Waals surface area contributed by atoms with E-state index in [1.807, 2.05) is 0 Å². The van der Waals surface area contributed by atoms with Crippen LogP contribution in [-0.2, 0) is 4.87 Å². The van der Waals surface area contributed by atoms with Crippen molar-refractivity contribution in [3.05, 3.63) is 71.3 Å². The molecule has 0 fully saturated rings. The van der Waals surface area contributed by atoms with E-state index >= 15 is 0 Å². The number of aryl methyl sites for hydroxylation is 1. The molecule has 0 bridgehead atoms. The molecule has 0 radical (unpaired) electrons. The fourth-order valence-electron chi connectivity index (χ4n) is 1.76. The van der Waals surface area contributed by atoms with E-state index < -0.39 is 11.1 Å². The largest absolute Gasteiger partial charge is 0.415 e. The Morgan fingerprint density at radius 2 is 1.67 bits per heavy atom. The predicted molar refractivity (Wildman–Crippen MR) is 82.5 cm³/mol. The molecule has 0 N–H and O–H groups in total. The fourth-order valence-corrected chi connectivity index (χ4v) is 1.95. The third-order valence-corrected chi connectivity index (χ3v) is 3.96. The maximum atomic E-state index is 13.5. The number of hydrogen-bond acceptors (Lipinski definition) is 0. The molecule has 0 amide bonds. The maximum Gasteiger partial charge on any atom is 0.415 e. The molecule has 0 aliphatic heterocycles. The average molecular weight is 315 g/mol. The van der Waals surface area contributed by atoms with Crippen LogP contribution in [0.4, 0.5) is 13.2 Å². The van der Waals surface area contributed by atoms with Crippen LogP contribution in [0.3, 0.4) is 0 Å². The van der Waals surface area contributed by atoms with Gasteiger partial charge in [-0.3, -0.25) is 0 Å². The van der Waals surface area contributed by atoms with Crippen molar-refractivity contribution in [2.24, 2.45) is 0 Å². The topological polar surface area (TPSA) is 0 Å².